The van der Waals surface area contributed by atoms with E-state index in [2.05, 4.69) is 4.72 Å². The van der Waals surface area contributed by atoms with Gasteiger partial charge in [0.25, 0.3) is 0 Å². The lowest BCUT2D eigenvalue weighted by Crippen LogP contribution is -2.41. The average Bonchev–Trinajstić information content (AvgIpc) is 2.07. The van der Waals surface area contributed by atoms with Gasteiger partial charge in [0.2, 0.25) is 11.3 Å². The quantitative estimate of drug-likeness (QED) is 0.513. The fourth-order valence-corrected chi connectivity index (χ4v) is 2.85. The van der Waals surface area contributed by atoms with Crippen LogP contribution in [0.5, 0.6) is 0 Å². The third-order valence-electron chi connectivity index (χ3n) is 2.12. The maximum atomic E-state index is 10.2. The molecular weight excluding hydrogens is 228 g/mol. The molecule has 1 rings (SSSR count). The van der Waals surface area contributed by atoms with Gasteiger partial charge in [-0.1, -0.05) is 0 Å². The van der Waals surface area contributed by atoms with Gasteiger partial charge in [0.05, 0.1) is 11.5 Å². The summed E-state index contributed by atoms with van der Waals surface area (Å²) in [7, 11) is -2.33. The molecule has 0 amide bonds. The first-order valence-electron chi connectivity index (χ1n) is 4.30. The van der Waals surface area contributed by atoms with Crippen molar-refractivity contribution in [1.29, 1.82) is 0 Å². The van der Waals surface area contributed by atoms with Gasteiger partial charge >= 0.3 is 0 Å². The Bertz CT molecular complexity index is 204. The molecule has 1 unspecified atom stereocenters. The van der Waals surface area contributed by atoms with Crippen molar-refractivity contribution in [2.24, 2.45) is 0 Å². The molecule has 0 aromatic heterocycles. The predicted molar refractivity (Wildman–Crippen MR) is 57.8 cm³/mol. The van der Waals surface area contributed by atoms with Crippen molar-refractivity contribution in [3.8, 4) is 0 Å². The molecule has 4 N–H and O–H groups in total. The van der Waals surface area contributed by atoms with Crippen LogP contribution >= 0.6 is 10.6 Å². The summed E-state index contributed by atoms with van der Waals surface area (Å²) in [5.74, 6) is 0.824. The second-order valence-corrected chi connectivity index (χ2v) is 6.40. The molecule has 1 aliphatic rings. The Labute approximate surface area is 87.4 Å². The van der Waals surface area contributed by atoms with E-state index in [0.717, 1.165) is 0 Å². The minimum atomic E-state index is -2.33. The Morgan fingerprint density at radius 1 is 1.36 bits per heavy atom. The van der Waals surface area contributed by atoms with Crippen molar-refractivity contribution in [1.82, 2.24) is 9.62 Å². The molecule has 1 fully saturated rings. The van der Waals surface area contributed by atoms with Gasteiger partial charge in [-0.05, 0) is 0 Å². The van der Waals surface area contributed by atoms with Crippen molar-refractivity contribution in [3.63, 3.8) is 0 Å². The van der Waals surface area contributed by atoms with Gasteiger partial charge in [0.15, 0.2) is 0 Å². The topological polar surface area (TPSA) is 93.0 Å². The Morgan fingerprint density at radius 2 is 1.93 bits per heavy atom. The van der Waals surface area contributed by atoms with E-state index in [1.807, 2.05) is 4.90 Å². The minimum absolute atomic E-state index is 0.412. The molecule has 0 aliphatic carbocycles. The molecule has 1 atom stereocenters. The van der Waals surface area contributed by atoms with Crippen LogP contribution in [0.2, 0.25) is 0 Å². The van der Waals surface area contributed by atoms with Gasteiger partial charge < -0.3 is 0 Å². The summed E-state index contributed by atoms with van der Waals surface area (Å²) in [6.07, 6.45) is 0. The van der Waals surface area contributed by atoms with Crippen LogP contribution in [0.1, 0.15) is 0 Å². The zero-order chi connectivity index (χ0) is 10.6. The van der Waals surface area contributed by atoms with Gasteiger partial charge in [0.1, 0.15) is 0 Å². The number of rotatable bonds is 4. The van der Waals surface area contributed by atoms with Crippen molar-refractivity contribution >= 4 is 21.9 Å². The first-order valence-corrected chi connectivity index (χ1v) is 7.29. The summed E-state index contributed by atoms with van der Waals surface area (Å²) in [4.78, 5) is 2.04. The van der Waals surface area contributed by atoms with Gasteiger partial charge in [0, 0.05) is 26.2 Å². The second-order valence-electron chi connectivity index (χ2n) is 3.20. The molecule has 0 spiro atoms. The fourth-order valence-electron chi connectivity index (χ4n) is 1.28. The monoisotopic (exact) mass is 244 g/mol. The van der Waals surface area contributed by atoms with Crippen molar-refractivity contribution < 1.29 is 17.9 Å². The van der Waals surface area contributed by atoms with Gasteiger partial charge in [-0.2, -0.15) is 10.6 Å². The maximum absolute atomic E-state index is 10.2. The van der Waals surface area contributed by atoms with Crippen LogP contribution < -0.4 is 4.72 Å². The van der Waals surface area contributed by atoms with E-state index in [1.54, 1.807) is 0 Å². The van der Waals surface area contributed by atoms with Crippen LogP contribution in [0.4, 0.5) is 0 Å². The van der Waals surface area contributed by atoms with E-state index >= 15 is 0 Å². The summed E-state index contributed by atoms with van der Waals surface area (Å²) in [6.45, 7) is 2.37. The van der Waals surface area contributed by atoms with Crippen LogP contribution in [0.15, 0.2) is 0 Å². The molecular formula is C6H16N2O4S2. The standard InChI is InChI=1S/C6H16N2O4S2/c9-13(10)7-1-2-8-3-5-14(11,12)6-4-8/h7,11-12H,1-6H2,(H,9,10). The molecule has 14 heavy (non-hydrogen) atoms. The Balaban J connectivity index is 2.13. The lowest BCUT2D eigenvalue weighted by molar-refractivity contribution is 0.290. The molecule has 6 nitrogen and oxygen atoms in total. The van der Waals surface area contributed by atoms with Crippen LogP contribution in [0.25, 0.3) is 0 Å². The fraction of sp³-hybridized carbons (Fsp3) is 1.00. The third kappa shape index (κ3) is 4.69. The highest BCUT2D eigenvalue weighted by atomic mass is 32.3. The van der Waals surface area contributed by atoms with Crippen LogP contribution in [0, 0.1) is 0 Å². The summed E-state index contributed by atoms with van der Waals surface area (Å²) >= 11 is -1.96. The van der Waals surface area contributed by atoms with E-state index in [-0.39, 0.29) is 0 Å². The molecule has 0 aromatic carbocycles. The minimum Gasteiger partial charge on any atom is -0.299 e. The van der Waals surface area contributed by atoms with Crippen molar-refractivity contribution in [2.45, 2.75) is 0 Å². The Morgan fingerprint density at radius 3 is 2.43 bits per heavy atom. The highest BCUT2D eigenvalue weighted by molar-refractivity contribution is 8.24. The normalized spacial score (nSPS) is 27.1. The SMILES string of the molecule is O=S(O)NCCN1CCS(O)(O)CC1. The molecule has 0 bridgehead atoms. The van der Waals surface area contributed by atoms with Crippen LogP contribution in [-0.2, 0) is 11.3 Å². The van der Waals surface area contributed by atoms with Crippen molar-refractivity contribution in [2.75, 3.05) is 37.7 Å². The summed E-state index contributed by atoms with van der Waals surface area (Å²) < 4.78 is 39.7. The lowest BCUT2D eigenvalue weighted by Gasteiger charge is -2.40. The first-order chi connectivity index (χ1) is 6.49. The Kier molecular flexibility index (Phi) is 4.77. The van der Waals surface area contributed by atoms with Gasteiger partial charge in [-0.25, -0.2) is 8.93 Å². The lowest BCUT2D eigenvalue weighted by atomic mass is 10.5. The average molecular weight is 244 g/mol. The molecule has 0 aromatic rings. The van der Waals surface area contributed by atoms with E-state index < -0.39 is 21.9 Å². The van der Waals surface area contributed by atoms with E-state index in [0.29, 0.717) is 37.7 Å². The van der Waals surface area contributed by atoms with E-state index in [1.165, 1.54) is 0 Å². The summed E-state index contributed by atoms with van der Waals surface area (Å²) in [5.41, 5.74) is 0. The van der Waals surface area contributed by atoms with E-state index in [9.17, 15) is 13.3 Å². The first kappa shape index (κ1) is 12.4. The molecule has 8 heteroatoms. The molecule has 1 heterocycles. The number of hydrogen-bond acceptors (Lipinski definition) is 4. The molecule has 1 saturated heterocycles. The second kappa shape index (κ2) is 5.40. The maximum Gasteiger partial charge on any atom is 0.231 e. The number of nitrogens with one attached hydrogen (secondary N) is 1. The molecule has 1 aliphatic heterocycles. The highest BCUT2D eigenvalue weighted by Gasteiger charge is 2.21. The molecule has 0 saturated carbocycles. The smallest absolute Gasteiger partial charge is 0.231 e. The molecule has 0 radical (unpaired) electrons. The highest BCUT2D eigenvalue weighted by Crippen LogP contribution is 2.39. The third-order valence-corrected chi connectivity index (χ3v) is 4.25. The summed E-state index contributed by atoms with van der Waals surface area (Å²) in [6, 6.07) is 0. The Hall–Kier alpha value is 0.300. The largest absolute Gasteiger partial charge is 0.299 e. The molecule has 86 valence electrons. The number of nitrogens with zero attached hydrogens (tertiary/aromatic N) is 1. The van der Waals surface area contributed by atoms with Gasteiger partial charge in [-0.3, -0.25) is 18.6 Å². The zero-order valence-corrected chi connectivity index (χ0v) is 9.39. The number of hydrogen-bond donors (Lipinski definition) is 4. The van der Waals surface area contributed by atoms with Crippen LogP contribution in [-0.4, -0.2) is 60.5 Å². The van der Waals surface area contributed by atoms with E-state index in [4.69, 9.17) is 4.55 Å². The zero-order valence-electron chi connectivity index (χ0n) is 7.76. The predicted octanol–water partition coefficient (Wildman–Crippen LogP) is -0.221. The van der Waals surface area contributed by atoms with Crippen LogP contribution in [0.3, 0.4) is 0 Å². The summed E-state index contributed by atoms with van der Waals surface area (Å²) in [5, 5.41) is 0. The van der Waals surface area contributed by atoms with Crippen molar-refractivity contribution in [3.05, 3.63) is 0 Å². The van der Waals surface area contributed by atoms with Gasteiger partial charge in [-0.15, -0.1) is 0 Å².